The van der Waals surface area contributed by atoms with Gasteiger partial charge in [0.25, 0.3) is 5.91 Å². The summed E-state index contributed by atoms with van der Waals surface area (Å²) in [4.78, 5) is 15.5. The highest BCUT2D eigenvalue weighted by Gasteiger charge is 2.14. The molecule has 17 heavy (non-hydrogen) atoms. The van der Waals surface area contributed by atoms with Crippen LogP contribution >= 0.6 is 15.9 Å². The Kier molecular flexibility index (Phi) is 3.23. The Morgan fingerprint density at radius 2 is 2.29 bits per heavy atom. The third kappa shape index (κ3) is 2.52. The fraction of sp³-hybridized carbons (Fsp3) is 0.0909. The van der Waals surface area contributed by atoms with Gasteiger partial charge in [-0.3, -0.25) is 4.79 Å². The Labute approximate surface area is 105 Å². The summed E-state index contributed by atoms with van der Waals surface area (Å²) in [5.41, 5.74) is 0.839. The smallest absolute Gasteiger partial charge is 0.293 e. The molecule has 0 saturated heterocycles. The molecule has 0 unspecified atom stereocenters. The summed E-state index contributed by atoms with van der Waals surface area (Å²) in [7, 11) is 0. The van der Waals surface area contributed by atoms with Crippen LogP contribution in [-0.4, -0.2) is 10.9 Å². The van der Waals surface area contributed by atoms with Gasteiger partial charge in [0.1, 0.15) is 5.82 Å². The van der Waals surface area contributed by atoms with Crippen LogP contribution in [0, 0.1) is 12.7 Å². The summed E-state index contributed by atoms with van der Waals surface area (Å²) in [6.45, 7) is 1.65. The first kappa shape index (κ1) is 11.8. The van der Waals surface area contributed by atoms with E-state index in [-0.39, 0.29) is 5.76 Å². The number of rotatable bonds is 2. The maximum Gasteiger partial charge on any atom is 0.293 e. The summed E-state index contributed by atoms with van der Waals surface area (Å²) in [5.74, 6) is -0.785. The summed E-state index contributed by atoms with van der Waals surface area (Å²) in [6, 6.07) is 4.31. The zero-order valence-electron chi connectivity index (χ0n) is 8.83. The number of nitrogens with one attached hydrogen (secondary N) is 1. The van der Waals surface area contributed by atoms with Crippen molar-refractivity contribution in [2.24, 2.45) is 0 Å². The molecule has 0 spiro atoms. The number of carbonyl (C=O) groups is 1. The Bertz CT molecular complexity index is 568. The van der Waals surface area contributed by atoms with Gasteiger partial charge in [0.15, 0.2) is 6.39 Å². The quantitative estimate of drug-likeness (QED) is 0.927. The lowest BCUT2D eigenvalue weighted by Crippen LogP contribution is -2.12. The third-order valence-electron chi connectivity index (χ3n) is 2.13. The van der Waals surface area contributed by atoms with Crippen molar-refractivity contribution in [1.82, 2.24) is 4.98 Å². The SMILES string of the molecule is Cc1ncoc1C(=O)Nc1ccc(Br)c(F)c1. The topological polar surface area (TPSA) is 55.1 Å². The minimum atomic E-state index is -0.457. The molecular formula is C11H8BrFN2O2. The van der Waals surface area contributed by atoms with E-state index < -0.39 is 11.7 Å². The lowest BCUT2D eigenvalue weighted by molar-refractivity contribution is 0.0996. The third-order valence-corrected chi connectivity index (χ3v) is 2.77. The van der Waals surface area contributed by atoms with Crippen LogP contribution in [0.4, 0.5) is 10.1 Å². The van der Waals surface area contributed by atoms with E-state index in [9.17, 15) is 9.18 Å². The molecule has 0 aliphatic carbocycles. The van der Waals surface area contributed by atoms with Gasteiger partial charge in [-0.05, 0) is 41.1 Å². The van der Waals surface area contributed by atoms with Gasteiger partial charge in [-0.15, -0.1) is 0 Å². The van der Waals surface area contributed by atoms with E-state index >= 15 is 0 Å². The molecule has 0 atom stereocenters. The van der Waals surface area contributed by atoms with Gasteiger partial charge in [-0.1, -0.05) is 0 Å². The van der Waals surface area contributed by atoms with E-state index in [1.54, 1.807) is 13.0 Å². The van der Waals surface area contributed by atoms with E-state index in [0.29, 0.717) is 15.9 Å². The fourth-order valence-electron chi connectivity index (χ4n) is 1.28. The van der Waals surface area contributed by atoms with Gasteiger partial charge < -0.3 is 9.73 Å². The number of carbonyl (C=O) groups excluding carboxylic acids is 1. The lowest BCUT2D eigenvalue weighted by Gasteiger charge is -2.04. The minimum absolute atomic E-state index is 0.119. The molecule has 6 heteroatoms. The van der Waals surface area contributed by atoms with Crippen LogP contribution in [0.15, 0.2) is 33.5 Å². The van der Waals surface area contributed by atoms with E-state index in [2.05, 4.69) is 26.2 Å². The van der Waals surface area contributed by atoms with Crippen molar-refractivity contribution in [2.45, 2.75) is 6.92 Å². The number of aromatic nitrogens is 1. The van der Waals surface area contributed by atoms with Gasteiger partial charge >= 0.3 is 0 Å². The molecule has 1 aromatic heterocycles. The second-order valence-corrected chi connectivity index (χ2v) is 4.20. The zero-order chi connectivity index (χ0) is 12.4. The molecule has 1 aromatic carbocycles. The monoisotopic (exact) mass is 298 g/mol. The molecule has 0 fully saturated rings. The molecule has 0 saturated carbocycles. The number of hydrogen-bond acceptors (Lipinski definition) is 3. The predicted octanol–water partition coefficient (Wildman–Crippen LogP) is 3.14. The first-order valence-corrected chi connectivity index (χ1v) is 5.53. The zero-order valence-corrected chi connectivity index (χ0v) is 10.4. The van der Waals surface area contributed by atoms with Crippen molar-refractivity contribution < 1.29 is 13.6 Å². The summed E-state index contributed by atoms with van der Waals surface area (Å²) < 4.78 is 18.5. The van der Waals surface area contributed by atoms with Crippen LogP contribution in [0.3, 0.4) is 0 Å². The van der Waals surface area contributed by atoms with Gasteiger partial charge in [-0.2, -0.15) is 0 Å². The minimum Gasteiger partial charge on any atom is -0.438 e. The average molecular weight is 299 g/mol. The molecule has 88 valence electrons. The maximum absolute atomic E-state index is 13.2. The second kappa shape index (κ2) is 4.67. The number of amides is 1. The molecular weight excluding hydrogens is 291 g/mol. The molecule has 4 nitrogen and oxygen atoms in total. The van der Waals surface area contributed by atoms with Crippen LogP contribution in [0.25, 0.3) is 0 Å². The Morgan fingerprint density at radius 3 is 2.88 bits per heavy atom. The van der Waals surface area contributed by atoms with Crippen molar-refractivity contribution in [2.75, 3.05) is 5.32 Å². The lowest BCUT2D eigenvalue weighted by atomic mass is 10.3. The van der Waals surface area contributed by atoms with Crippen LogP contribution in [0.2, 0.25) is 0 Å². The van der Waals surface area contributed by atoms with Crippen LogP contribution in [0.1, 0.15) is 16.2 Å². The Hall–Kier alpha value is -1.69. The maximum atomic E-state index is 13.2. The number of hydrogen-bond donors (Lipinski definition) is 1. The number of benzene rings is 1. The van der Waals surface area contributed by atoms with Gasteiger partial charge in [0.05, 0.1) is 10.2 Å². The van der Waals surface area contributed by atoms with Crippen LogP contribution < -0.4 is 5.32 Å². The summed E-state index contributed by atoms with van der Waals surface area (Å²) >= 11 is 3.03. The van der Waals surface area contributed by atoms with Gasteiger partial charge in [-0.25, -0.2) is 9.37 Å². The highest BCUT2D eigenvalue weighted by atomic mass is 79.9. The number of oxazole rings is 1. The largest absolute Gasteiger partial charge is 0.438 e. The summed E-state index contributed by atoms with van der Waals surface area (Å²) in [6.07, 6.45) is 1.19. The molecule has 1 N–H and O–H groups in total. The Balaban J connectivity index is 2.19. The number of halogens is 2. The first-order valence-electron chi connectivity index (χ1n) is 4.74. The predicted molar refractivity (Wildman–Crippen MR) is 63.3 cm³/mol. The van der Waals surface area contributed by atoms with E-state index in [1.165, 1.54) is 18.5 Å². The standard InChI is InChI=1S/C11H8BrFN2O2/c1-6-10(17-5-14-6)11(16)15-7-2-3-8(12)9(13)4-7/h2-5H,1H3,(H,15,16). The molecule has 2 rings (SSSR count). The number of aryl methyl sites for hydroxylation is 1. The van der Waals surface area contributed by atoms with E-state index in [1.807, 2.05) is 0 Å². The normalized spacial score (nSPS) is 10.3. The van der Waals surface area contributed by atoms with Gasteiger partial charge in [0, 0.05) is 5.69 Å². The average Bonchev–Trinajstić information content (AvgIpc) is 2.70. The van der Waals surface area contributed by atoms with Crippen molar-refractivity contribution in [1.29, 1.82) is 0 Å². The van der Waals surface area contributed by atoms with E-state index in [0.717, 1.165) is 0 Å². The first-order chi connectivity index (χ1) is 8.08. The van der Waals surface area contributed by atoms with Crippen molar-refractivity contribution in [3.63, 3.8) is 0 Å². The molecule has 1 amide bonds. The van der Waals surface area contributed by atoms with Crippen LogP contribution in [0.5, 0.6) is 0 Å². The number of nitrogens with zero attached hydrogens (tertiary/aromatic N) is 1. The van der Waals surface area contributed by atoms with Crippen molar-refractivity contribution in [3.8, 4) is 0 Å². The summed E-state index contributed by atoms with van der Waals surface area (Å²) in [5, 5.41) is 2.52. The molecule has 0 aliphatic heterocycles. The van der Waals surface area contributed by atoms with Crippen molar-refractivity contribution in [3.05, 3.63) is 46.3 Å². The van der Waals surface area contributed by atoms with Crippen molar-refractivity contribution >= 4 is 27.5 Å². The molecule has 0 radical (unpaired) electrons. The molecule has 0 aliphatic rings. The fourth-order valence-corrected chi connectivity index (χ4v) is 1.53. The molecule has 1 heterocycles. The van der Waals surface area contributed by atoms with E-state index in [4.69, 9.17) is 4.42 Å². The number of anilines is 1. The Morgan fingerprint density at radius 1 is 1.53 bits per heavy atom. The van der Waals surface area contributed by atoms with Gasteiger partial charge in [0.2, 0.25) is 5.76 Å². The highest BCUT2D eigenvalue weighted by Crippen LogP contribution is 2.20. The molecule has 2 aromatic rings. The highest BCUT2D eigenvalue weighted by molar-refractivity contribution is 9.10. The van der Waals surface area contributed by atoms with Crippen LogP contribution in [-0.2, 0) is 0 Å². The second-order valence-electron chi connectivity index (χ2n) is 3.35. The molecule has 0 bridgehead atoms.